The third-order valence-corrected chi connectivity index (χ3v) is 4.98. The van der Waals surface area contributed by atoms with Gasteiger partial charge in [0.1, 0.15) is 5.76 Å². The molecule has 154 valence electrons. The van der Waals surface area contributed by atoms with Crippen LogP contribution in [0.1, 0.15) is 29.4 Å². The first-order chi connectivity index (χ1) is 15.1. The Labute approximate surface area is 175 Å². The lowest BCUT2D eigenvalue weighted by atomic mass is 10.1. The molecule has 0 aliphatic heterocycles. The van der Waals surface area contributed by atoms with E-state index in [1.165, 1.54) is 12.1 Å². The minimum atomic E-state index is -0.470. The zero-order valence-corrected chi connectivity index (χ0v) is 16.1. The number of nitrogens with one attached hydrogen (secondary N) is 1. The molecule has 2 heterocycles. The molecule has 1 fully saturated rings. The standard InChI is InChI=1S/C21H16N6O4/c28-21(19-12-11-18(31-19)13-3-7-17(8-4-13)27(29)30)22-15-5-1-14(2-6-15)20-23-24-25-26(20)16-9-10-16/h1-8,11-12,16H,9-10H2,(H,22,28). The first-order valence-corrected chi connectivity index (χ1v) is 9.63. The van der Waals surface area contributed by atoms with Crippen LogP contribution in [0.3, 0.4) is 0 Å². The van der Waals surface area contributed by atoms with Gasteiger partial charge < -0.3 is 9.73 Å². The van der Waals surface area contributed by atoms with Crippen LogP contribution in [0.25, 0.3) is 22.7 Å². The molecule has 4 aromatic rings. The Hall–Kier alpha value is -4.34. The second-order valence-corrected chi connectivity index (χ2v) is 7.18. The summed E-state index contributed by atoms with van der Waals surface area (Å²) in [5.74, 6) is 0.889. The van der Waals surface area contributed by atoms with E-state index in [2.05, 4.69) is 20.8 Å². The molecular formula is C21H16N6O4. The van der Waals surface area contributed by atoms with Crippen molar-refractivity contribution in [3.8, 4) is 22.7 Å². The van der Waals surface area contributed by atoms with Crippen molar-refractivity contribution in [2.45, 2.75) is 18.9 Å². The summed E-state index contributed by atoms with van der Waals surface area (Å²) >= 11 is 0. The van der Waals surface area contributed by atoms with Gasteiger partial charge in [0.15, 0.2) is 11.6 Å². The van der Waals surface area contributed by atoms with E-state index >= 15 is 0 Å². The van der Waals surface area contributed by atoms with Gasteiger partial charge in [-0.05, 0) is 71.8 Å². The minimum absolute atomic E-state index is 0.0112. The number of benzene rings is 2. The normalized spacial score (nSPS) is 13.2. The second kappa shape index (κ2) is 7.48. The molecule has 2 aromatic carbocycles. The van der Waals surface area contributed by atoms with Crippen LogP contribution >= 0.6 is 0 Å². The van der Waals surface area contributed by atoms with Crippen molar-refractivity contribution in [1.29, 1.82) is 0 Å². The van der Waals surface area contributed by atoms with Crippen LogP contribution in [0.5, 0.6) is 0 Å². The summed E-state index contributed by atoms with van der Waals surface area (Å²) in [4.78, 5) is 22.8. The summed E-state index contributed by atoms with van der Waals surface area (Å²) in [6.45, 7) is 0. The lowest BCUT2D eigenvalue weighted by molar-refractivity contribution is -0.384. The van der Waals surface area contributed by atoms with Crippen LogP contribution < -0.4 is 5.32 Å². The molecule has 1 N–H and O–H groups in total. The fourth-order valence-electron chi connectivity index (χ4n) is 3.21. The quantitative estimate of drug-likeness (QED) is 0.370. The highest BCUT2D eigenvalue weighted by atomic mass is 16.6. The average Bonchev–Trinajstić information content (AvgIpc) is 3.30. The maximum absolute atomic E-state index is 12.5. The van der Waals surface area contributed by atoms with E-state index in [0.29, 0.717) is 28.9 Å². The number of hydrogen-bond donors (Lipinski definition) is 1. The number of nitrogens with zero attached hydrogens (tertiary/aromatic N) is 5. The van der Waals surface area contributed by atoms with Crippen molar-refractivity contribution < 1.29 is 14.1 Å². The summed E-state index contributed by atoms with van der Waals surface area (Å²) < 4.78 is 7.45. The molecule has 31 heavy (non-hydrogen) atoms. The molecule has 0 bridgehead atoms. The molecule has 1 aliphatic carbocycles. The second-order valence-electron chi connectivity index (χ2n) is 7.18. The van der Waals surface area contributed by atoms with Gasteiger partial charge in [-0.2, -0.15) is 0 Å². The van der Waals surface area contributed by atoms with Crippen molar-refractivity contribution in [3.05, 3.63) is 76.5 Å². The topological polar surface area (TPSA) is 129 Å². The number of furan rings is 1. The van der Waals surface area contributed by atoms with E-state index < -0.39 is 10.8 Å². The van der Waals surface area contributed by atoms with Gasteiger partial charge in [0.2, 0.25) is 0 Å². The lowest BCUT2D eigenvalue weighted by Gasteiger charge is -2.06. The molecule has 1 saturated carbocycles. The van der Waals surface area contributed by atoms with Crippen LogP contribution in [-0.2, 0) is 0 Å². The Bertz CT molecular complexity index is 1260. The Kier molecular flexibility index (Phi) is 4.51. The summed E-state index contributed by atoms with van der Waals surface area (Å²) in [6, 6.07) is 16.8. The van der Waals surface area contributed by atoms with E-state index in [0.717, 1.165) is 18.4 Å². The van der Waals surface area contributed by atoms with Gasteiger partial charge in [-0.15, -0.1) is 5.10 Å². The maximum atomic E-state index is 12.5. The predicted molar refractivity (Wildman–Crippen MR) is 110 cm³/mol. The van der Waals surface area contributed by atoms with Crippen molar-refractivity contribution >= 4 is 17.3 Å². The third kappa shape index (κ3) is 3.78. The number of carbonyl (C=O) groups is 1. The van der Waals surface area contributed by atoms with Gasteiger partial charge in [0, 0.05) is 28.9 Å². The zero-order chi connectivity index (χ0) is 21.4. The zero-order valence-electron chi connectivity index (χ0n) is 16.1. The number of carbonyl (C=O) groups excluding carboxylic acids is 1. The monoisotopic (exact) mass is 416 g/mol. The highest BCUT2D eigenvalue weighted by Crippen LogP contribution is 2.36. The Morgan fingerprint density at radius 2 is 1.74 bits per heavy atom. The molecule has 5 rings (SSSR count). The number of rotatable bonds is 6. The van der Waals surface area contributed by atoms with E-state index in [1.807, 2.05) is 16.8 Å². The summed E-state index contributed by atoms with van der Waals surface area (Å²) in [5, 5.41) is 25.5. The summed E-state index contributed by atoms with van der Waals surface area (Å²) in [5.41, 5.74) is 2.10. The Morgan fingerprint density at radius 3 is 2.42 bits per heavy atom. The first-order valence-electron chi connectivity index (χ1n) is 9.63. The molecule has 0 unspecified atom stereocenters. The van der Waals surface area contributed by atoms with E-state index in [-0.39, 0.29) is 11.4 Å². The van der Waals surface area contributed by atoms with E-state index in [1.54, 1.807) is 36.4 Å². The number of hydrogen-bond acceptors (Lipinski definition) is 7. The molecule has 2 aromatic heterocycles. The number of nitro benzene ring substituents is 1. The molecule has 1 amide bonds. The Morgan fingerprint density at radius 1 is 1.03 bits per heavy atom. The van der Waals surface area contributed by atoms with Crippen LogP contribution in [0.2, 0.25) is 0 Å². The van der Waals surface area contributed by atoms with Gasteiger partial charge in [0.05, 0.1) is 11.0 Å². The number of amides is 1. The van der Waals surface area contributed by atoms with Crippen molar-refractivity contribution in [3.63, 3.8) is 0 Å². The highest BCUT2D eigenvalue weighted by Gasteiger charge is 2.28. The first kappa shape index (κ1) is 18.7. The van der Waals surface area contributed by atoms with Crippen LogP contribution in [0.15, 0.2) is 65.1 Å². The van der Waals surface area contributed by atoms with Crippen LogP contribution in [0, 0.1) is 10.1 Å². The fraction of sp³-hybridized carbons (Fsp3) is 0.143. The number of non-ortho nitro benzene ring substituents is 1. The fourth-order valence-corrected chi connectivity index (χ4v) is 3.21. The van der Waals surface area contributed by atoms with Crippen LogP contribution in [0.4, 0.5) is 11.4 Å². The van der Waals surface area contributed by atoms with Gasteiger partial charge >= 0.3 is 0 Å². The molecular weight excluding hydrogens is 400 g/mol. The number of nitro groups is 1. The molecule has 10 heteroatoms. The molecule has 0 saturated heterocycles. The summed E-state index contributed by atoms with van der Waals surface area (Å²) in [6.07, 6.45) is 2.16. The number of aromatic nitrogens is 4. The predicted octanol–water partition coefficient (Wildman–Crippen LogP) is 4.10. The van der Waals surface area contributed by atoms with Crippen molar-refractivity contribution in [2.24, 2.45) is 0 Å². The SMILES string of the molecule is O=C(Nc1ccc(-c2nnnn2C2CC2)cc1)c1ccc(-c2ccc([N+](=O)[O-])cc2)o1. The van der Waals surface area contributed by atoms with E-state index in [4.69, 9.17) is 4.42 Å². The maximum Gasteiger partial charge on any atom is 0.291 e. The van der Waals surface area contributed by atoms with Crippen LogP contribution in [-0.4, -0.2) is 31.0 Å². The largest absolute Gasteiger partial charge is 0.451 e. The van der Waals surface area contributed by atoms with Gasteiger partial charge in [-0.1, -0.05) is 0 Å². The Balaban J connectivity index is 1.28. The van der Waals surface area contributed by atoms with Gasteiger partial charge in [-0.3, -0.25) is 14.9 Å². The molecule has 1 aliphatic rings. The number of anilines is 1. The van der Waals surface area contributed by atoms with Crippen molar-refractivity contribution in [2.75, 3.05) is 5.32 Å². The number of tetrazole rings is 1. The van der Waals surface area contributed by atoms with E-state index in [9.17, 15) is 14.9 Å². The average molecular weight is 416 g/mol. The van der Waals surface area contributed by atoms with Gasteiger partial charge in [-0.25, -0.2) is 4.68 Å². The van der Waals surface area contributed by atoms with Gasteiger partial charge in [0.25, 0.3) is 11.6 Å². The molecule has 10 nitrogen and oxygen atoms in total. The summed E-state index contributed by atoms with van der Waals surface area (Å²) in [7, 11) is 0. The lowest BCUT2D eigenvalue weighted by Crippen LogP contribution is -2.10. The smallest absolute Gasteiger partial charge is 0.291 e. The van der Waals surface area contributed by atoms with Crippen molar-refractivity contribution in [1.82, 2.24) is 20.2 Å². The highest BCUT2D eigenvalue weighted by molar-refractivity contribution is 6.02. The third-order valence-electron chi connectivity index (χ3n) is 4.98. The molecule has 0 atom stereocenters. The minimum Gasteiger partial charge on any atom is -0.451 e. The molecule has 0 spiro atoms. The molecule has 0 radical (unpaired) electrons.